The Kier molecular flexibility index (Phi) is 6.52. The average Bonchev–Trinajstić information content (AvgIpc) is 3.57. The van der Waals surface area contributed by atoms with Crippen molar-refractivity contribution >= 4 is 55.8 Å². The Morgan fingerprint density at radius 3 is 2.68 bits per heavy atom. The maximum absolute atomic E-state index is 13.3. The van der Waals surface area contributed by atoms with E-state index in [1.807, 2.05) is 48.5 Å². The van der Waals surface area contributed by atoms with Gasteiger partial charge in [0.25, 0.3) is 0 Å². The van der Waals surface area contributed by atoms with Crippen LogP contribution in [0.2, 0.25) is 0 Å². The molecule has 1 unspecified atom stereocenters. The fourth-order valence-corrected chi connectivity index (χ4v) is 8.24. The van der Waals surface area contributed by atoms with E-state index in [2.05, 4.69) is 14.4 Å². The van der Waals surface area contributed by atoms with Gasteiger partial charge in [-0.25, -0.2) is 14.6 Å². The van der Waals surface area contributed by atoms with Crippen LogP contribution < -0.4 is 23.8 Å². The first kappa shape index (κ1) is 24.5. The molecule has 0 saturated heterocycles. The number of methoxy groups -OCH3 is 1. The molecular formula is C26H21N4O5S3+. The summed E-state index contributed by atoms with van der Waals surface area (Å²) in [7, 11) is 2.55. The van der Waals surface area contributed by atoms with Crippen molar-refractivity contribution < 1.29 is 24.2 Å². The second-order valence-corrected chi connectivity index (χ2v) is 12.3. The fraction of sp³-hybridized carbons (Fsp3) is 0.115. The van der Waals surface area contributed by atoms with Gasteiger partial charge in [0, 0.05) is 5.56 Å². The summed E-state index contributed by atoms with van der Waals surface area (Å²) >= 11 is 1.28. The topological polar surface area (TPSA) is 113 Å². The Balaban J connectivity index is 1.28. The van der Waals surface area contributed by atoms with Gasteiger partial charge in [0.2, 0.25) is 0 Å². The Labute approximate surface area is 228 Å². The molecule has 0 spiro atoms. The van der Waals surface area contributed by atoms with Gasteiger partial charge in [0.05, 0.1) is 29.1 Å². The van der Waals surface area contributed by atoms with Crippen LogP contribution in [0.5, 0.6) is 11.5 Å². The number of carboxylic acids is 1. The summed E-state index contributed by atoms with van der Waals surface area (Å²) in [5, 5.41) is 10.4. The largest absolute Gasteiger partial charge is 0.497 e. The number of thiazole rings is 1. The lowest BCUT2D eigenvalue weighted by Crippen LogP contribution is -2.46. The van der Waals surface area contributed by atoms with Crippen LogP contribution in [0.25, 0.3) is 21.0 Å². The summed E-state index contributed by atoms with van der Waals surface area (Å²) in [5.74, 6) is 0.155. The van der Waals surface area contributed by atoms with Gasteiger partial charge >= 0.3 is 22.3 Å². The second kappa shape index (κ2) is 10.1. The molecule has 3 N–H and O–H groups in total. The third kappa shape index (κ3) is 4.62. The van der Waals surface area contributed by atoms with Crippen molar-refractivity contribution in [2.24, 2.45) is 0 Å². The number of carboxylic acid groups (broad SMARTS) is 1. The number of para-hydroxylation sites is 1. The highest BCUT2D eigenvalue weighted by molar-refractivity contribution is 8.74. The second-order valence-electron chi connectivity index (χ2n) is 8.27. The van der Waals surface area contributed by atoms with Crippen LogP contribution in [0.1, 0.15) is 10.5 Å². The summed E-state index contributed by atoms with van der Waals surface area (Å²) in [6, 6.07) is 20.3. The van der Waals surface area contributed by atoms with Crippen molar-refractivity contribution in [2.75, 3.05) is 29.9 Å². The van der Waals surface area contributed by atoms with Crippen molar-refractivity contribution in [3.05, 3.63) is 72.4 Å². The first-order chi connectivity index (χ1) is 18.5. The Bertz CT molecular complexity index is 1520. The minimum Gasteiger partial charge on any atom is -0.497 e. The van der Waals surface area contributed by atoms with Gasteiger partial charge in [-0.05, 0) is 60.2 Å². The van der Waals surface area contributed by atoms with Crippen molar-refractivity contribution in [1.29, 1.82) is 0 Å². The molecule has 38 heavy (non-hydrogen) atoms. The van der Waals surface area contributed by atoms with Crippen LogP contribution in [-0.2, 0) is 10.3 Å². The van der Waals surface area contributed by atoms with Gasteiger partial charge in [-0.3, -0.25) is 4.90 Å². The molecule has 0 bridgehead atoms. The zero-order valence-electron chi connectivity index (χ0n) is 20.0. The molecule has 0 radical (unpaired) electrons. The standard InChI is InChI=1S/C26H20N4O5S3/c1-34-17-9-6-15(7-10-17)23-22(25(31)32)27-24(36-23)16-8-11-20-19(14-16)30(12-13-35-20)26(33)29-38-28-18-4-2-3-5-21(18)37-38/h2-11,14H,12-13H2,1H3,(H,31,32)(H,28,29,33)/p+1. The van der Waals surface area contributed by atoms with Crippen LogP contribution >= 0.6 is 22.1 Å². The number of anilines is 2. The van der Waals surface area contributed by atoms with Crippen LogP contribution in [0.3, 0.4) is 0 Å². The predicted octanol–water partition coefficient (Wildman–Crippen LogP) is 5.67. The molecule has 1 atom stereocenters. The lowest BCUT2D eigenvalue weighted by atomic mass is 10.1. The van der Waals surface area contributed by atoms with E-state index in [0.717, 1.165) is 16.1 Å². The lowest BCUT2D eigenvalue weighted by molar-refractivity contribution is 0.0692. The van der Waals surface area contributed by atoms with Gasteiger partial charge < -0.3 is 14.6 Å². The van der Waals surface area contributed by atoms with E-state index in [9.17, 15) is 14.7 Å². The monoisotopic (exact) mass is 565 g/mol. The van der Waals surface area contributed by atoms with Crippen molar-refractivity contribution in [2.45, 2.75) is 4.90 Å². The zero-order chi connectivity index (χ0) is 26.2. The molecule has 6 rings (SSSR count). The van der Waals surface area contributed by atoms with Crippen LogP contribution in [0, 0.1) is 0 Å². The van der Waals surface area contributed by atoms with Crippen molar-refractivity contribution in [1.82, 2.24) is 9.71 Å². The first-order valence-corrected chi connectivity index (χ1v) is 14.9. The van der Waals surface area contributed by atoms with Gasteiger partial charge in [-0.2, -0.15) is 4.72 Å². The zero-order valence-corrected chi connectivity index (χ0v) is 22.4. The van der Waals surface area contributed by atoms with Crippen molar-refractivity contribution in [3.63, 3.8) is 0 Å². The number of benzene rings is 3. The molecule has 0 saturated carbocycles. The summed E-state index contributed by atoms with van der Waals surface area (Å²) in [6.45, 7) is 0.753. The molecule has 9 nitrogen and oxygen atoms in total. The Morgan fingerprint density at radius 2 is 1.92 bits per heavy atom. The SMILES string of the molecule is COc1ccc(-c2sc(-c3ccc4c(c3)N(C(=O)N[S+]3Nc5ccccc5S3)CCO4)nc2C(=O)O)cc1. The summed E-state index contributed by atoms with van der Waals surface area (Å²) in [6.07, 6.45) is 0. The molecule has 2 aliphatic heterocycles. The minimum atomic E-state index is -1.11. The van der Waals surface area contributed by atoms with Crippen LogP contribution in [0.4, 0.5) is 16.2 Å². The number of rotatable bonds is 5. The number of aromatic nitrogens is 1. The quantitative estimate of drug-likeness (QED) is 0.210. The number of fused-ring (bicyclic) bond motifs is 2. The number of carbonyl (C=O) groups excluding carboxylic acids is 1. The molecule has 2 aliphatic rings. The van der Waals surface area contributed by atoms with Gasteiger partial charge in [0.1, 0.15) is 28.8 Å². The molecule has 4 aromatic rings. The number of nitrogens with zero attached hydrogens (tertiary/aromatic N) is 2. The maximum Gasteiger partial charge on any atom is 0.366 e. The van der Waals surface area contributed by atoms with E-state index in [1.54, 1.807) is 41.0 Å². The van der Waals surface area contributed by atoms with E-state index >= 15 is 0 Å². The first-order valence-electron chi connectivity index (χ1n) is 11.5. The Morgan fingerprint density at radius 1 is 1.13 bits per heavy atom. The average molecular weight is 566 g/mol. The predicted molar refractivity (Wildman–Crippen MR) is 151 cm³/mol. The third-order valence-corrected chi connectivity index (χ3v) is 10.1. The van der Waals surface area contributed by atoms with Crippen LogP contribution in [-0.4, -0.2) is 42.4 Å². The van der Waals surface area contributed by atoms with E-state index in [0.29, 0.717) is 45.8 Å². The number of ether oxygens (including phenoxy) is 2. The normalized spacial score (nSPS) is 15.6. The summed E-state index contributed by atoms with van der Waals surface area (Å²) in [5.41, 5.74) is 3.01. The van der Waals surface area contributed by atoms with Gasteiger partial charge in [-0.1, -0.05) is 12.1 Å². The molecule has 0 fully saturated rings. The molecule has 1 aromatic heterocycles. The molecule has 192 valence electrons. The number of hydrogen-bond donors (Lipinski definition) is 3. The highest BCUT2D eigenvalue weighted by Gasteiger charge is 2.38. The molecule has 0 aliphatic carbocycles. The molecule has 3 heterocycles. The van der Waals surface area contributed by atoms with Gasteiger partial charge in [-0.15, -0.1) is 16.1 Å². The van der Waals surface area contributed by atoms with E-state index in [1.165, 1.54) is 11.3 Å². The maximum atomic E-state index is 13.3. The van der Waals surface area contributed by atoms with Gasteiger partial charge in [0.15, 0.2) is 16.5 Å². The molecule has 3 aromatic carbocycles. The van der Waals surface area contributed by atoms with Crippen LogP contribution in [0.15, 0.2) is 71.6 Å². The number of nitrogens with one attached hydrogen (secondary N) is 2. The Hall–Kier alpha value is -3.87. The summed E-state index contributed by atoms with van der Waals surface area (Å²) < 4.78 is 17.4. The molecule has 12 heteroatoms. The smallest absolute Gasteiger partial charge is 0.366 e. The minimum absolute atomic E-state index is 0.0242. The van der Waals surface area contributed by atoms with Crippen molar-refractivity contribution in [3.8, 4) is 32.5 Å². The highest BCUT2D eigenvalue weighted by Crippen LogP contribution is 2.42. The third-order valence-electron chi connectivity index (χ3n) is 5.94. The van der Waals surface area contributed by atoms with E-state index in [4.69, 9.17) is 9.47 Å². The molecular weight excluding hydrogens is 545 g/mol. The summed E-state index contributed by atoms with van der Waals surface area (Å²) in [4.78, 5) is 33.1. The lowest BCUT2D eigenvalue weighted by Gasteiger charge is -2.28. The number of urea groups is 1. The number of hydrogen-bond acceptors (Lipinski definition) is 8. The number of aromatic carboxylic acids is 1. The number of carbonyl (C=O) groups is 2. The van der Waals surface area contributed by atoms with E-state index < -0.39 is 16.3 Å². The number of amides is 2. The molecule has 2 amide bonds. The van der Waals surface area contributed by atoms with E-state index in [-0.39, 0.29) is 11.7 Å². The fourth-order valence-electron chi connectivity index (χ4n) is 4.10. The highest BCUT2D eigenvalue weighted by atomic mass is 33.1.